The van der Waals surface area contributed by atoms with Crippen molar-refractivity contribution in [1.29, 1.82) is 0 Å². The third-order valence-corrected chi connectivity index (χ3v) is 4.55. The largest absolute Gasteiger partial charge is 0.355 e. The molecule has 1 fully saturated rings. The van der Waals surface area contributed by atoms with E-state index in [1.54, 1.807) is 4.90 Å². The van der Waals surface area contributed by atoms with Crippen molar-refractivity contribution in [2.75, 3.05) is 26.2 Å². The number of hydrogen-bond acceptors (Lipinski definition) is 4. The summed E-state index contributed by atoms with van der Waals surface area (Å²) in [5, 5.41) is 5.64. The standard InChI is InChI=1S/C19H28N4O3/c1-14(24)22-17(15-6-3-2-4-7-15)12-18(25)23-11-5-8-16(13-23)19(26)21-10-9-20/h2-4,6-7,16-17H,5,8-13,20H2,1H3,(H,21,26)(H,22,24). The van der Waals surface area contributed by atoms with E-state index in [1.165, 1.54) is 6.92 Å². The van der Waals surface area contributed by atoms with Gasteiger partial charge >= 0.3 is 0 Å². The lowest BCUT2D eigenvalue weighted by atomic mass is 9.96. The summed E-state index contributed by atoms with van der Waals surface area (Å²) < 4.78 is 0. The summed E-state index contributed by atoms with van der Waals surface area (Å²) >= 11 is 0. The number of likely N-dealkylation sites (tertiary alicyclic amines) is 1. The van der Waals surface area contributed by atoms with Crippen molar-refractivity contribution in [1.82, 2.24) is 15.5 Å². The van der Waals surface area contributed by atoms with Gasteiger partial charge in [-0.05, 0) is 18.4 Å². The highest BCUT2D eigenvalue weighted by Crippen LogP contribution is 2.22. The minimum absolute atomic E-state index is 0.0468. The summed E-state index contributed by atoms with van der Waals surface area (Å²) in [6.45, 7) is 3.34. The maximum absolute atomic E-state index is 12.8. The van der Waals surface area contributed by atoms with Crippen molar-refractivity contribution in [2.45, 2.75) is 32.2 Å². The van der Waals surface area contributed by atoms with E-state index in [2.05, 4.69) is 10.6 Å². The highest BCUT2D eigenvalue weighted by molar-refractivity contribution is 5.82. The normalized spacial score (nSPS) is 18.1. The first-order valence-electron chi connectivity index (χ1n) is 9.09. The molecule has 1 aromatic carbocycles. The zero-order chi connectivity index (χ0) is 18.9. The predicted molar refractivity (Wildman–Crippen MR) is 99.0 cm³/mol. The molecular formula is C19H28N4O3. The van der Waals surface area contributed by atoms with Crippen LogP contribution in [0.25, 0.3) is 0 Å². The van der Waals surface area contributed by atoms with Gasteiger partial charge in [0.15, 0.2) is 0 Å². The fourth-order valence-electron chi connectivity index (χ4n) is 3.24. The Kier molecular flexibility index (Phi) is 7.59. The summed E-state index contributed by atoms with van der Waals surface area (Å²) in [5.41, 5.74) is 6.31. The van der Waals surface area contributed by atoms with Crippen LogP contribution in [0.3, 0.4) is 0 Å². The van der Waals surface area contributed by atoms with E-state index in [4.69, 9.17) is 5.73 Å². The smallest absolute Gasteiger partial charge is 0.225 e. The Hall–Kier alpha value is -2.41. The number of piperidine rings is 1. The SMILES string of the molecule is CC(=O)NC(CC(=O)N1CCCC(C(=O)NCCN)C1)c1ccccc1. The van der Waals surface area contributed by atoms with Gasteiger partial charge in [0.1, 0.15) is 0 Å². The van der Waals surface area contributed by atoms with Crippen LogP contribution in [0.15, 0.2) is 30.3 Å². The summed E-state index contributed by atoms with van der Waals surface area (Å²) in [6.07, 6.45) is 1.75. The monoisotopic (exact) mass is 360 g/mol. The van der Waals surface area contributed by atoms with Crippen LogP contribution in [0.2, 0.25) is 0 Å². The molecule has 0 spiro atoms. The Labute approximate surface area is 154 Å². The first-order chi connectivity index (χ1) is 12.5. The van der Waals surface area contributed by atoms with Gasteiger partial charge in [0.2, 0.25) is 17.7 Å². The highest BCUT2D eigenvalue weighted by atomic mass is 16.2. The molecule has 0 saturated carbocycles. The van der Waals surface area contributed by atoms with Gasteiger partial charge in [-0.3, -0.25) is 14.4 Å². The molecule has 26 heavy (non-hydrogen) atoms. The van der Waals surface area contributed by atoms with E-state index in [9.17, 15) is 14.4 Å². The van der Waals surface area contributed by atoms with E-state index in [1.807, 2.05) is 30.3 Å². The third kappa shape index (κ3) is 5.84. The van der Waals surface area contributed by atoms with Gasteiger partial charge in [-0.2, -0.15) is 0 Å². The number of nitrogens with one attached hydrogen (secondary N) is 2. The number of carbonyl (C=O) groups is 3. The van der Waals surface area contributed by atoms with Crippen LogP contribution in [0, 0.1) is 5.92 Å². The van der Waals surface area contributed by atoms with Crippen molar-refractivity contribution >= 4 is 17.7 Å². The van der Waals surface area contributed by atoms with Crippen molar-refractivity contribution < 1.29 is 14.4 Å². The minimum atomic E-state index is -0.368. The molecule has 1 heterocycles. The Balaban J connectivity index is 1.99. The number of benzene rings is 1. The van der Waals surface area contributed by atoms with E-state index >= 15 is 0 Å². The first-order valence-corrected chi connectivity index (χ1v) is 9.09. The van der Waals surface area contributed by atoms with Crippen molar-refractivity contribution in [2.24, 2.45) is 11.7 Å². The van der Waals surface area contributed by atoms with Crippen LogP contribution in [-0.2, 0) is 14.4 Å². The fraction of sp³-hybridized carbons (Fsp3) is 0.526. The number of nitrogens with zero attached hydrogens (tertiary/aromatic N) is 1. The number of hydrogen-bond donors (Lipinski definition) is 3. The van der Waals surface area contributed by atoms with E-state index in [0.717, 1.165) is 18.4 Å². The lowest BCUT2D eigenvalue weighted by Crippen LogP contribution is -2.47. The fourth-order valence-corrected chi connectivity index (χ4v) is 3.24. The molecule has 7 heteroatoms. The molecular weight excluding hydrogens is 332 g/mol. The molecule has 7 nitrogen and oxygen atoms in total. The average Bonchev–Trinajstić information content (AvgIpc) is 2.66. The zero-order valence-corrected chi connectivity index (χ0v) is 15.2. The summed E-state index contributed by atoms with van der Waals surface area (Å²) in [4.78, 5) is 38.2. The highest BCUT2D eigenvalue weighted by Gasteiger charge is 2.29. The first kappa shape index (κ1) is 19.9. The molecule has 1 aliphatic heterocycles. The average molecular weight is 360 g/mol. The Morgan fingerprint density at radius 1 is 1.27 bits per heavy atom. The Morgan fingerprint density at radius 2 is 2.00 bits per heavy atom. The second-order valence-corrected chi connectivity index (χ2v) is 6.63. The molecule has 3 amide bonds. The van der Waals surface area contributed by atoms with Crippen molar-refractivity contribution in [3.8, 4) is 0 Å². The van der Waals surface area contributed by atoms with Gasteiger partial charge in [0, 0.05) is 33.1 Å². The van der Waals surface area contributed by atoms with Gasteiger partial charge in [-0.25, -0.2) is 0 Å². The zero-order valence-electron chi connectivity index (χ0n) is 15.2. The Morgan fingerprint density at radius 3 is 2.65 bits per heavy atom. The number of amides is 3. The third-order valence-electron chi connectivity index (χ3n) is 4.55. The van der Waals surface area contributed by atoms with Crippen LogP contribution in [0.4, 0.5) is 0 Å². The van der Waals surface area contributed by atoms with Crippen LogP contribution in [0.1, 0.15) is 37.8 Å². The van der Waals surface area contributed by atoms with Crippen LogP contribution in [0.5, 0.6) is 0 Å². The topological polar surface area (TPSA) is 105 Å². The number of nitrogens with two attached hydrogens (primary N) is 1. The summed E-state index contributed by atoms with van der Waals surface area (Å²) in [6, 6.07) is 9.08. The lowest BCUT2D eigenvalue weighted by molar-refractivity contribution is -0.136. The van der Waals surface area contributed by atoms with Crippen LogP contribution in [-0.4, -0.2) is 48.8 Å². The molecule has 1 aromatic rings. The molecule has 1 aliphatic rings. The summed E-state index contributed by atoms with van der Waals surface area (Å²) in [5.74, 6) is -0.474. The van der Waals surface area contributed by atoms with Crippen molar-refractivity contribution in [3.05, 3.63) is 35.9 Å². The molecule has 0 bridgehead atoms. The quantitative estimate of drug-likeness (QED) is 0.661. The number of rotatable bonds is 7. The maximum Gasteiger partial charge on any atom is 0.225 e. The molecule has 2 rings (SSSR count). The minimum Gasteiger partial charge on any atom is -0.355 e. The predicted octanol–water partition coefficient (Wildman–Crippen LogP) is 0.567. The maximum atomic E-state index is 12.8. The second kappa shape index (κ2) is 9.91. The van der Waals surface area contributed by atoms with Crippen molar-refractivity contribution in [3.63, 3.8) is 0 Å². The second-order valence-electron chi connectivity index (χ2n) is 6.63. The van der Waals surface area contributed by atoms with Gasteiger partial charge in [0.25, 0.3) is 0 Å². The van der Waals surface area contributed by atoms with Gasteiger partial charge < -0.3 is 21.3 Å². The van der Waals surface area contributed by atoms with E-state index in [-0.39, 0.29) is 36.1 Å². The molecule has 142 valence electrons. The molecule has 0 aromatic heterocycles. The molecule has 0 aliphatic carbocycles. The van der Waals surface area contributed by atoms with E-state index < -0.39 is 0 Å². The Bertz CT molecular complexity index is 620. The molecule has 0 radical (unpaired) electrons. The lowest BCUT2D eigenvalue weighted by Gasteiger charge is -2.33. The van der Waals surface area contributed by atoms with Crippen LogP contribution >= 0.6 is 0 Å². The van der Waals surface area contributed by atoms with E-state index in [0.29, 0.717) is 26.2 Å². The molecule has 1 saturated heterocycles. The molecule has 4 N–H and O–H groups in total. The number of carbonyl (C=O) groups excluding carboxylic acids is 3. The van der Waals surface area contributed by atoms with Gasteiger partial charge in [0.05, 0.1) is 18.4 Å². The molecule has 2 unspecified atom stereocenters. The summed E-state index contributed by atoms with van der Waals surface area (Å²) in [7, 11) is 0. The van der Waals surface area contributed by atoms with Gasteiger partial charge in [-0.15, -0.1) is 0 Å². The van der Waals surface area contributed by atoms with Crippen LogP contribution < -0.4 is 16.4 Å². The van der Waals surface area contributed by atoms with Gasteiger partial charge in [-0.1, -0.05) is 30.3 Å². The molecule has 2 atom stereocenters.